The number of hydrogen-bond acceptors (Lipinski definition) is 8. The molecule has 0 heterocycles. The van der Waals surface area contributed by atoms with Gasteiger partial charge in [-0.2, -0.15) is 16.8 Å². The Hall–Kier alpha value is -2.72. The van der Waals surface area contributed by atoms with Crippen LogP contribution in [-0.2, 0) is 28.8 Å². The molecule has 0 bridgehead atoms. The van der Waals surface area contributed by atoms with Crippen LogP contribution in [0.15, 0.2) is 68.6 Å². The van der Waals surface area contributed by atoms with Crippen LogP contribution < -0.4 is 0 Å². The lowest BCUT2D eigenvalue weighted by molar-refractivity contribution is 0.333. The Labute approximate surface area is 177 Å². The number of hydrogen-bond donors (Lipinski definition) is 0. The van der Waals surface area contributed by atoms with E-state index in [0.717, 1.165) is 11.1 Å². The molecule has 0 aliphatic rings. The van der Waals surface area contributed by atoms with Gasteiger partial charge in [0.2, 0.25) is 0 Å². The van der Waals surface area contributed by atoms with Gasteiger partial charge in [0.1, 0.15) is 21.2 Å². The fourth-order valence-electron chi connectivity index (χ4n) is 2.33. The standard InChI is InChI=1S/C20H24N2O6S2/c1-5-19(21-27-29(23,24)17-11-7-15(3)8-12-17)20(6-2)22-28-30(25,26)18-13-9-16(4)10-14-18/h7-14H,5-6H2,1-4H3. The van der Waals surface area contributed by atoms with Crippen LogP contribution in [0.2, 0.25) is 0 Å². The summed E-state index contributed by atoms with van der Waals surface area (Å²) < 4.78 is 58.8. The molecule has 2 aromatic rings. The lowest BCUT2D eigenvalue weighted by atomic mass is 10.1. The Kier molecular flexibility index (Phi) is 7.74. The van der Waals surface area contributed by atoms with Crippen LogP contribution in [-0.4, -0.2) is 28.3 Å². The highest BCUT2D eigenvalue weighted by atomic mass is 32.2. The number of aryl methyl sites for hydroxylation is 2. The van der Waals surface area contributed by atoms with Crippen LogP contribution >= 0.6 is 0 Å². The molecule has 0 N–H and O–H groups in total. The van der Waals surface area contributed by atoms with E-state index in [2.05, 4.69) is 10.3 Å². The smallest absolute Gasteiger partial charge is 0.264 e. The first kappa shape index (κ1) is 23.6. The third kappa shape index (κ3) is 6.14. The van der Waals surface area contributed by atoms with Gasteiger partial charge < -0.3 is 0 Å². The Bertz CT molecular complexity index is 1040. The van der Waals surface area contributed by atoms with E-state index in [1.54, 1.807) is 38.1 Å². The lowest BCUT2D eigenvalue weighted by Gasteiger charge is -2.07. The number of benzene rings is 2. The van der Waals surface area contributed by atoms with Gasteiger partial charge in [-0.3, -0.25) is 8.57 Å². The summed E-state index contributed by atoms with van der Waals surface area (Å²) in [4.78, 5) is -0.0824. The maximum absolute atomic E-state index is 12.3. The highest BCUT2D eigenvalue weighted by Gasteiger charge is 2.19. The van der Waals surface area contributed by atoms with E-state index in [4.69, 9.17) is 8.57 Å². The minimum Gasteiger partial charge on any atom is -0.264 e. The molecule has 0 saturated heterocycles. The highest BCUT2D eigenvalue weighted by molar-refractivity contribution is 7.87. The largest absolute Gasteiger partial charge is 0.358 e. The first-order valence-corrected chi connectivity index (χ1v) is 12.1. The first-order chi connectivity index (χ1) is 14.1. The molecule has 0 aliphatic carbocycles. The van der Waals surface area contributed by atoms with E-state index >= 15 is 0 Å². The summed E-state index contributed by atoms with van der Waals surface area (Å²) in [6.07, 6.45) is 0.508. The zero-order valence-corrected chi connectivity index (χ0v) is 18.8. The summed E-state index contributed by atoms with van der Waals surface area (Å²) >= 11 is 0. The third-order valence-corrected chi connectivity index (χ3v) is 6.35. The zero-order valence-electron chi connectivity index (χ0n) is 17.2. The second-order valence-electron chi connectivity index (χ2n) is 6.47. The van der Waals surface area contributed by atoms with Crippen molar-refractivity contribution in [3.05, 3.63) is 59.7 Å². The summed E-state index contributed by atoms with van der Waals surface area (Å²) in [5.41, 5.74) is 2.12. The minimum absolute atomic E-state index is 0.0412. The summed E-state index contributed by atoms with van der Waals surface area (Å²) in [5, 5.41) is 7.38. The van der Waals surface area contributed by atoms with Gasteiger partial charge in [0.15, 0.2) is 0 Å². The van der Waals surface area contributed by atoms with Gasteiger partial charge in [0.25, 0.3) is 0 Å². The van der Waals surface area contributed by atoms with Crippen molar-refractivity contribution in [2.24, 2.45) is 10.3 Å². The molecule has 0 saturated carbocycles. The van der Waals surface area contributed by atoms with Crippen LogP contribution in [0.1, 0.15) is 37.8 Å². The monoisotopic (exact) mass is 452 g/mol. The van der Waals surface area contributed by atoms with Gasteiger partial charge in [-0.1, -0.05) is 59.6 Å². The Morgan fingerprint density at radius 2 is 0.967 bits per heavy atom. The van der Waals surface area contributed by atoms with Gasteiger partial charge in [0, 0.05) is 0 Å². The van der Waals surface area contributed by atoms with Crippen LogP contribution in [0.25, 0.3) is 0 Å². The SMILES string of the molecule is CCC(=NOS(=O)(=O)c1ccc(C)cc1)C(CC)=NOS(=O)(=O)c1ccc(C)cc1. The van der Waals surface area contributed by atoms with Crippen molar-refractivity contribution >= 4 is 31.7 Å². The normalized spacial score (nSPS) is 13.2. The predicted molar refractivity (Wildman–Crippen MR) is 114 cm³/mol. The minimum atomic E-state index is -4.12. The summed E-state index contributed by atoms with van der Waals surface area (Å²) in [7, 11) is -8.23. The molecule has 0 aliphatic heterocycles. The lowest BCUT2D eigenvalue weighted by Crippen LogP contribution is -2.16. The van der Waals surface area contributed by atoms with Crippen LogP contribution in [0.4, 0.5) is 0 Å². The van der Waals surface area contributed by atoms with Gasteiger partial charge >= 0.3 is 20.2 Å². The molecule has 0 atom stereocenters. The first-order valence-electron chi connectivity index (χ1n) is 9.23. The molecular formula is C20H24N2O6S2. The maximum Gasteiger partial charge on any atom is 0.358 e. The van der Waals surface area contributed by atoms with Crippen molar-refractivity contribution in [3.63, 3.8) is 0 Å². The summed E-state index contributed by atoms with van der Waals surface area (Å²) in [5.74, 6) is 0. The average Bonchev–Trinajstić information content (AvgIpc) is 2.71. The second kappa shape index (κ2) is 9.86. The van der Waals surface area contributed by atoms with Crippen LogP contribution in [0.3, 0.4) is 0 Å². The third-order valence-electron chi connectivity index (χ3n) is 4.11. The molecule has 0 unspecified atom stereocenters. The molecule has 8 nitrogen and oxygen atoms in total. The number of rotatable bonds is 9. The van der Waals surface area contributed by atoms with Crippen molar-refractivity contribution in [1.82, 2.24) is 0 Å². The van der Waals surface area contributed by atoms with Gasteiger partial charge in [-0.25, -0.2) is 0 Å². The molecule has 10 heteroatoms. The van der Waals surface area contributed by atoms with Crippen molar-refractivity contribution in [3.8, 4) is 0 Å². The van der Waals surface area contributed by atoms with Gasteiger partial charge in [0.05, 0.1) is 0 Å². The maximum atomic E-state index is 12.3. The Morgan fingerprint density at radius 1 is 0.667 bits per heavy atom. The number of oxime groups is 2. The number of nitrogens with zero attached hydrogens (tertiary/aromatic N) is 2. The molecule has 2 rings (SSSR count). The van der Waals surface area contributed by atoms with Crippen LogP contribution in [0.5, 0.6) is 0 Å². The van der Waals surface area contributed by atoms with Gasteiger partial charge in [-0.15, -0.1) is 0 Å². The molecular weight excluding hydrogens is 428 g/mol. The van der Waals surface area contributed by atoms with E-state index in [0.29, 0.717) is 0 Å². The summed E-state index contributed by atoms with van der Waals surface area (Å²) in [6.45, 7) is 7.08. The van der Waals surface area contributed by atoms with E-state index < -0.39 is 20.2 Å². The molecule has 0 amide bonds. The molecule has 0 spiro atoms. The molecule has 0 aromatic heterocycles. The molecule has 0 radical (unpaired) electrons. The zero-order chi connectivity index (χ0) is 22.4. The van der Waals surface area contributed by atoms with E-state index in [-0.39, 0.29) is 34.1 Å². The molecule has 162 valence electrons. The highest BCUT2D eigenvalue weighted by Crippen LogP contribution is 2.16. The van der Waals surface area contributed by atoms with E-state index in [1.165, 1.54) is 24.3 Å². The van der Waals surface area contributed by atoms with Crippen molar-refractivity contribution in [1.29, 1.82) is 0 Å². The topological polar surface area (TPSA) is 111 Å². The van der Waals surface area contributed by atoms with Gasteiger partial charge in [-0.05, 0) is 51.0 Å². The summed E-state index contributed by atoms with van der Waals surface area (Å²) in [6, 6.07) is 12.2. The van der Waals surface area contributed by atoms with Crippen molar-refractivity contribution < 1.29 is 25.4 Å². The predicted octanol–water partition coefficient (Wildman–Crippen LogP) is 3.95. The van der Waals surface area contributed by atoms with E-state index in [1.807, 2.05) is 13.8 Å². The quantitative estimate of drug-likeness (QED) is 0.421. The van der Waals surface area contributed by atoms with Crippen molar-refractivity contribution in [2.45, 2.75) is 50.3 Å². The average molecular weight is 453 g/mol. The fourth-order valence-corrected chi connectivity index (χ4v) is 3.81. The second-order valence-corrected chi connectivity index (χ2v) is 9.52. The fraction of sp³-hybridized carbons (Fsp3) is 0.300. The van der Waals surface area contributed by atoms with E-state index in [9.17, 15) is 16.8 Å². The van der Waals surface area contributed by atoms with Crippen molar-refractivity contribution in [2.75, 3.05) is 0 Å². The van der Waals surface area contributed by atoms with Crippen LogP contribution in [0, 0.1) is 13.8 Å². The Morgan fingerprint density at radius 3 is 1.23 bits per heavy atom. The molecule has 30 heavy (non-hydrogen) atoms. The molecule has 0 fully saturated rings. The molecule has 2 aromatic carbocycles. The Balaban J connectivity index is 2.23.